The van der Waals surface area contributed by atoms with Crippen LogP contribution in [-0.2, 0) is 6.54 Å². The fourth-order valence-corrected chi connectivity index (χ4v) is 2.56. The van der Waals surface area contributed by atoms with Crippen molar-refractivity contribution in [2.24, 2.45) is 5.92 Å². The van der Waals surface area contributed by atoms with Crippen molar-refractivity contribution < 1.29 is 5.11 Å². The number of likely N-dealkylation sites (tertiary alicyclic amines) is 1. The molecule has 0 amide bonds. The number of aliphatic hydroxyl groups excluding tert-OH is 1. The van der Waals surface area contributed by atoms with Gasteiger partial charge in [0.1, 0.15) is 0 Å². The van der Waals surface area contributed by atoms with Gasteiger partial charge in [-0.1, -0.05) is 29.3 Å². The van der Waals surface area contributed by atoms with Crippen LogP contribution >= 0.6 is 23.2 Å². The summed E-state index contributed by atoms with van der Waals surface area (Å²) in [6.45, 7) is 3.11. The summed E-state index contributed by atoms with van der Waals surface area (Å²) in [7, 11) is 0. The van der Waals surface area contributed by atoms with Gasteiger partial charge in [0.25, 0.3) is 0 Å². The minimum absolute atomic E-state index is 0.283. The molecule has 1 aromatic rings. The van der Waals surface area contributed by atoms with E-state index < -0.39 is 0 Å². The third kappa shape index (κ3) is 2.89. The van der Waals surface area contributed by atoms with Gasteiger partial charge < -0.3 is 5.11 Å². The molecule has 1 aromatic carbocycles. The standard InChI is InChI=1S/C12H15Cl2NO/c13-11-2-1-10(12(14)5-11)7-15-4-3-9(6-15)8-16/h1-2,5,9,16H,3-4,6-8H2/t9-/m1/s1. The SMILES string of the molecule is OC[C@@H]1CCN(Cc2ccc(Cl)cc2Cl)C1. The number of nitrogens with zero attached hydrogens (tertiary/aromatic N) is 1. The molecular formula is C12H15Cl2NO. The third-order valence-corrected chi connectivity index (χ3v) is 3.62. The lowest BCUT2D eigenvalue weighted by atomic mass is 10.1. The summed E-state index contributed by atoms with van der Waals surface area (Å²) in [5, 5.41) is 10.5. The summed E-state index contributed by atoms with van der Waals surface area (Å²) in [5.41, 5.74) is 1.10. The molecule has 88 valence electrons. The number of hydrogen-bond donors (Lipinski definition) is 1. The monoisotopic (exact) mass is 259 g/mol. The molecule has 0 aliphatic carbocycles. The lowest BCUT2D eigenvalue weighted by Crippen LogP contribution is -2.21. The van der Waals surface area contributed by atoms with E-state index in [0.717, 1.165) is 36.6 Å². The molecule has 1 atom stereocenters. The maximum absolute atomic E-state index is 9.07. The van der Waals surface area contributed by atoms with Gasteiger partial charge in [-0.25, -0.2) is 0 Å². The van der Waals surface area contributed by atoms with Crippen molar-refractivity contribution in [2.45, 2.75) is 13.0 Å². The normalized spacial score (nSPS) is 21.6. The lowest BCUT2D eigenvalue weighted by molar-refractivity contribution is 0.220. The first-order valence-corrected chi connectivity index (χ1v) is 6.22. The molecule has 0 spiro atoms. The van der Waals surface area contributed by atoms with E-state index in [1.807, 2.05) is 12.1 Å². The van der Waals surface area contributed by atoms with Crippen molar-refractivity contribution in [3.8, 4) is 0 Å². The van der Waals surface area contributed by atoms with Gasteiger partial charge in [-0.3, -0.25) is 4.90 Å². The number of hydrogen-bond acceptors (Lipinski definition) is 2. The van der Waals surface area contributed by atoms with E-state index in [2.05, 4.69) is 4.90 Å². The predicted molar refractivity (Wildman–Crippen MR) is 66.9 cm³/mol. The first kappa shape index (κ1) is 12.2. The van der Waals surface area contributed by atoms with Crippen LogP contribution in [0, 0.1) is 5.92 Å². The topological polar surface area (TPSA) is 23.5 Å². The van der Waals surface area contributed by atoms with Crippen molar-refractivity contribution in [2.75, 3.05) is 19.7 Å². The highest BCUT2D eigenvalue weighted by atomic mass is 35.5. The zero-order valence-corrected chi connectivity index (χ0v) is 10.5. The molecule has 1 fully saturated rings. The van der Waals surface area contributed by atoms with Crippen LogP contribution in [-0.4, -0.2) is 29.7 Å². The molecule has 16 heavy (non-hydrogen) atoms. The molecule has 0 saturated carbocycles. The number of halogens is 2. The maximum atomic E-state index is 9.07. The Bertz CT molecular complexity index is 370. The summed E-state index contributed by atoms with van der Waals surface area (Å²) in [5.74, 6) is 0.422. The Hall–Kier alpha value is -0.280. The molecule has 4 heteroatoms. The van der Waals surface area contributed by atoms with E-state index in [1.54, 1.807) is 6.07 Å². The van der Waals surface area contributed by atoms with E-state index in [4.69, 9.17) is 28.3 Å². The van der Waals surface area contributed by atoms with Gasteiger partial charge in [0.15, 0.2) is 0 Å². The molecule has 1 saturated heterocycles. The fourth-order valence-electron chi connectivity index (χ4n) is 2.10. The second-order valence-corrected chi connectivity index (χ2v) is 5.15. The van der Waals surface area contributed by atoms with Crippen LogP contribution in [0.5, 0.6) is 0 Å². The smallest absolute Gasteiger partial charge is 0.0471 e. The Kier molecular flexibility index (Phi) is 4.09. The van der Waals surface area contributed by atoms with Crippen molar-refractivity contribution in [3.05, 3.63) is 33.8 Å². The van der Waals surface area contributed by atoms with Gasteiger partial charge in [-0.15, -0.1) is 0 Å². The van der Waals surface area contributed by atoms with E-state index in [0.29, 0.717) is 10.9 Å². The largest absolute Gasteiger partial charge is 0.396 e. The lowest BCUT2D eigenvalue weighted by Gasteiger charge is -2.16. The van der Waals surface area contributed by atoms with Gasteiger partial charge in [0.05, 0.1) is 0 Å². The average molecular weight is 260 g/mol. The molecule has 1 aliphatic heterocycles. The minimum Gasteiger partial charge on any atom is -0.396 e. The minimum atomic E-state index is 0.283. The van der Waals surface area contributed by atoms with E-state index in [-0.39, 0.29) is 6.61 Å². The van der Waals surface area contributed by atoms with Gasteiger partial charge in [-0.05, 0) is 36.6 Å². The van der Waals surface area contributed by atoms with Crippen LogP contribution in [0.4, 0.5) is 0 Å². The molecule has 2 nitrogen and oxygen atoms in total. The van der Waals surface area contributed by atoms with Crippen molar-refractivity contribution in [1.82, 2.24) is 4.90 Å². The zero-order valence-electron chi connectivity index (χ0n) is 9.00. The highest BCUT2D eigenvalue weighted by Gasteiger charge is 2.22. The summed E-state index contributed by atoms with van der Waals surface area (Å²) in [4.78, 5) is 2.32. The maximum Gasteiger partial charge on any atom is 0.0471 e. The molecule has 0 bridgehead atoms. The molecule has 2 rings (SSSR count). The van der Waals surface area contributed by atoms with Crippen molar-refractivity contribution in [1.29, 1.82) is 0 Å². The van der Waals surface area contributed by atoms with Crippen LogP contribution < -0.4 is 0 Å². The molecule has 1 aliphatic rings. The second kappa shape index (κ2) is 5.37. The van der Waals surface area contributed by atoms with E-state index in [1.165, 1.54) is 0 Å². The average Bonchev–Trinajstić information content (AvgIpc) is 2.70. The summed E-state index contributed by atoms with van der Waals surface area (Å²) in [6, 6.07) is 5.61. The molecule has 0 unspecified atom stereocenters. The fraction of sp³-hybridized carbons (Fsp3) is 0.500. The second-order valence-electron chi connectivity index (χ2n) is 4.31. The quantitative estimate of drug-likeness (QED) is 0.903. The Morgan fingerprint density at radius 2 is 2.19 bits per heavy atom. The Morgan fingerprint density at radius 1 is 1.38 bits per heavy atom. The van der Waals surface area contributed by atoms with Gasteiger partial charge >= 0.3 is 0 Å². The van der Waals surface area contributed by atoms with Crippen molar-refractivity contribution >= 4 is 23.2 Å². The zero-order chi connectivity index (χ0) is 11.5. The van der Waals surface area contributed by atoms with E-state index in [9.17, 15) is 0 Å². The summed E-state index contributed by atoms with van der Waals surface area (Å²) < 4.78 is 0. The highest BCUT2D eigenvalue weighted by molar-refractivity contribution is 6.35. The van der Waals surface area contributed by atoms with E-state index >= 15 is 0 Å². The first-order valence-electron chi connectivity index (χ1n) is 5.46. The first-order chi connectivity index (χ1) is 7.69. The molecular weight excluding hydrogens is 245 g/mol. The van der Waals surface area contributed by atoms with Gasteiger partial charge in [0, 0.05) is 29.7 Å². The number of rotatable bonds is 3. The summed E-state index contributed by atoms with van der Waals surface area (Å²) in [6.07, 6.45) is 1.07. The molecule has 1 N–H and O–H groups in total. The molecule has 1 heterocycles. The number of benzene rings is 1. The molecule has 0 radical (unpaired) electrons. The van der Waals surface area contributed by atoms with Crippen molar-refractivity contribution in [3.63, 3.8) is 0 Å². The highest BCUT2D eigenvalue weighted by Crippen LogP contribution is 2.24. The van der Waals surface area contributed by atoms with Crippen LogP contribution in [0.3, 0.4) is 0 Å². The summed E-state index contributed by atoms with van der Waals surface area (Å²) >= 11 is 12.0. The van der Waals surface area contributed by atoms with Gasteiger partial charge in [0.2, 0.25) is 0 Å². The Morgan fingerprint density at radius 3 is 2.81 bits per heavy atom. The third-order valence-electron chi connectivity index (χ3n) is 3.04. The van der Waals surface area contributed by atoms with Crippen LogP contribution in [0.2, 0.25) is 10.0 Å². The Balaban J connectivity index is 1.99. The van der Waals surface area contributed by atoms with Crippen LogP contribution in [0.15, 0.2) is 18.2 Å². The Labute approximate surface area is 106 Å². The predicted octanol–water partition coefficient (Wildman–Crippen LogP) is 2.81. The molecule has 0 aromatic heterocycles. The number of aliphatic hydroxyl groups is 1. The van der Waals surface area contributed by atoms with Crippen LogP contribution in [0.1, 0.15) is 12.0 Å². The van der Waals surface area contributed by atoms with Crippen LogP contribution in [0.25, 0.3) is 0 Å². The van der Waals surface area contributed by atoms with Gasteiger partial charge in [-0.2, -0.15) is 0 Å².